The number of rotatable bonds is 8. The Hall–Kier alpha value is -4.77. The first-order valence-corrected chi connectivity index (χ1v) is 11.6. The molecule has 2 N–H and O–H groups in total. The Morgan fingerprint density at radius 2 is 1.42 bits per heavy atom. The van der Waals surface area contributed by atoms with E-state index in [1.54, 1.807) is 48.5 Å². The number of carbonyl (C=O) groups is 3. The molecule has 0 aliphatic carbocycles. The van der Waals surface area contributed by atoms with Gasteiger partial charge in [0.2, 0.25) is 11.8 Å². The molecule has 0 atom stereocenters. The maximum atomic E-state index is 13.3. The second kappa shape index (κ2) is 11.6. The van der Waals surface area contributed by atoms with Gasteiger partial charge in [-0.25, -0.2) is 0 Å². The van der Waals surface area contributed by atoms with E-state index in [2.05, 4.69) is 10.6 Å². The number of ketones is 1. The van der Waals surface area contributed by atoms with Gasteiger partial charge in [0.15, 0.2) is 5.78 Å². The number of hydrogen-bond donors (Lipinski definition) is 2. The first kappa shape index (κ1) is 24.4. The van der Waals surface area contributed by atoms with E-state index in [-0.39, 0.29) is 24.0 Å². The van der Waals surface area contributed by atoms with E-state index in [0.29, 0.717) is 22.5 Å². The summed E-state index contributed by atoms with van der Waals surface area (Å²) in [6.45, 7) is 1.99. The van der Waals surface area contributed by atoms with Gasteiger partial charge in [-0.15, -0.1) is 0 Å². The van der Waals surface area contributed by atoms with Crippen molar-refractivity contribution in [2.75, 3.05) is 10.6 Å². The van der Waals surface area contributed by atoms with E-state index in [0.717, 1.165) is 16.7 Å². The minimum atomic E-state index is -0.326. The molecule has 0 fully saturated rings. The molecule has 0 heterocycles. The number of hydrogen-bond acceptors (Lipinski definition) is 3. The highest BCUT2D eigenvalue weighted by Gasteiger charge is 2.17. The highest BCUT2D eigenvalue weighted by atomic mass is 16.2. The van der Waals surface area contributed by atoms with Crippen molar-refractivity contribution in [3.63, 3.8) is 0 Å². The van der Waals surface area contributed by atoms with Crippen LogP contribution in [0.4, 0.5) is 11.4 Å². The van der Waals surface area contributed by atoms with Crippen LogP contribution < -0.4 is 10.6 Å². The van der Waals surface area contributed by atoms with Crippen LogP contribution in [-0.4, -0.2) is 17.6 Å². The maximum absolute atomic E-state index is 13.3. The number of amides is 2. The summed E-state index contributed by atoms with van der Waals surface area (Å²) in [5, 5.41) is 5.66. The van der Waals surface area contributed by atoms with Gasteiger partial charge in [-0.05, 0) is 42.3 Å². The Morgan fingerprint density at radius 1 is 0.750 bits per heavy atom. The van der Waals surface area contributed by atoms with Crippen LogP contribution in [0.1, 0.15) is 32.6 Å². The largest absolute Gasteiger partial charge is 0.325 e. The third-order valence-electron chi connectivity index (χ3n) is 5.55. The van der Waals surface area contributed by atoms with Gasteiger partial charge in [0.05, 0.1) is 12.1 Å². The van der Waals surface area contributed by atoms with Crippen LogP contribution >= 0.6 is 0 Å². The van der Waals surface area contributed by atoms with E-state index in [9.17, 15) is 14.4 Å². The average molecular weight is 475 g/mol. The van der Waals surface area contributed by atoms with Gasteiger partial charge in [-0.1, -0.05) is 90.5 Å². The Bertz CT molecular complexity index is 1390. The lowest BCUT2D eigenvalue weighted by Crippen LogP contribution is -2.18. The molecule has 0 saturated heterocycles. The number of benzene rings is 4. The highest BCUT2D eigenvalue weighted by molar-refractivity contribution is 6.15. The standard InChI is InChI=1S/C31H26N2O3/c1-22-12-14-24(15-13-22)20-30(35)33-28-18-17-26(21-27(28)31(36)25-10-6-3-7-11-25)32-29(34)19-16-23-8-4-2-5-9-23/h2-19,21H,20H2,1H3,(H,32,34)(H,33,35)/b19-16+. The van der Waals surface area contributed by atoms with Crippen LogP contribution in [0, 0.1) is 6.92 Å². The zero-order chi connectivity index (χ0) is 25.3. The van der Waals surface area contributed by atoms with Crippen molar-refractivity contribution < 1.29 is 14.4 Å². The second-order valence-corrected chi connectivity index (χ2v) is 8.40. The Balaban J connectivity index is 1.55. The van der Waals surface area contributed by atoms with E-state index < -0.39 is 0 Å². The maximum Gasteiger partial charge on any atom is 0.248 e. The molecular formula is C31H26N2O3. The summed E-state index contributed by atoms with van der Waals surface area (Å²) in [7, 11) is 0. The van der Waals surface area contributed by atoms with Crippen molar-refractivity contribution >= 4 is 35.0 Å². The normalized spacial score (nSPS) is 10.7. The van der Waals surface area contributed by atoms with Crippen LogP contribution in [0.5, 0.6) is 0 Å². The summed E-state index contributed by atoms with van der Waals surface area (Å²) in [5.41, 5.74) is 4.52. The molecule has 0 saturated carbocycles. The van der Waals surface area contributed by atoms with Crippen LogP contribution in [0.3, 0.4) is 0 Å². The van der Waals surface area contributed by atoms with Gasteiger partial charge in [0.1, 0.15) is 0 Å². The zero-order valence-electron chi connectivity index (χ0n) is 19.9. The predicted molar refractivity (Wildman–Crippen MR) is 144 cm³/mol. The first-order chi connectivity index (χ1) is 17.5. The molecule has 178 valence electrons. The average Bonchev–Trinajstić information content (AvgIpc) is 2.90. The molecule has 2 amide bonds. The molecule has 0 aromatic heterocycles. The van der Waals surface area contributed by atoms with Gasteiger partial charge >= 0.3 is 0 Å². The van der Waals surface area contributed by atoms with E-state index >= 15 is 0 Å². The summed E-state index contributed by atoms with van der Waals surface area (Å²) in [6, 6.07) is 30.9. The minimum Gasteiger partial charge on any atom is -0.325 e. The van der Waals surface area contributed by atoms with Crippen molar-refractivity contribution in [2.24, 2.45) is 0 Å². The number of nitrogens with one attached hydrogen (secondary N) is 2. The van der Waals surface area contributed by atoms with Crippen molar-refractivity contribution in [1.82, 2.24) is 0 Å². The highest BCUT2D eigenvalue weighted by Crippen LogP contribution is 2.24. The second-order valence-electron chi connectivity index (χ2n) is 8.40. The van der Waals surface area contributed by atoms with Crippen molar-refractivity contribution in [3.8, 4) is 0 Å². The number of aryl methyl sites for hydroxylation is 1. The molecule has 0 bridgehead atoms. The Labute approximate surface area is 210 Å². The van der Waals surface area contributed by atoms with E-state index in [4.69, 9.17) is 0 Å². The van der Waals surface area contributed by atoms with Gasteiger partial charge in [-0.2, -0.15) is 0 Å². The van der Waals surface area contributed by atoms with Gasteiger partial charge in [0, 0.05) is 22.9 Å². The first-order valence-electron chi connectivity index (χ1n) is 11.6. The number of anilines is 2. The lowest BCUT2D eigenvalue weighted by Gasteiger charge is -2.13. The smallest absolute Gasteiger partial charge is 0.248 e. The van der Waals surface area contributed by atoms with Crippen molar-refractivity contribution in [2.45, 2.75) is 13.3 Å². The zero-order valence-corrected chi connectivity index (χ0v) is 19.9. The van der Waals surface area contributed by atoms with Crippen LogP contribution in [-0.2, 0) is 16.0 Å². The SMILES string of the molecule is Cc1ccc(CC(=O)Nc2ccc(NC(=O)/C=C/c3ccccc3)cc2C(=O)c2ccccc2)cc1. The van der Waals surface area contributed by atoms with E-state index in [1.807, 2.05) is 67.6 Å². The van der Waals surface area contributed by atoms with Gasteiger partial charge < -0.3 is 10.6 Å². The fraction of sp³-hybridized carbons (Fsp3) is 0.0645. The molecule has 0 aliphatic rings. The topological polar surface area (TPSA) is 75.3 Å². The molecule has 5 nitrogen and oxygen atoms in total. The molecule has 4 aromatic rings. The van der Waals surface area contributed by atoms with Crippen LogP contribution in [0.2, 0.25) is 0 Å². The lowest BCUT2D eigenvalue weighted by atomic mass is 10.0. The molecule has 4 aromatic carbocycles. The third kappa shape index (κ3) is 6.64. The molecule has 36 heavy (non-hydrogen) atoms. The van der Waals surface area contributed by atoms with Gasteiger partial charge in [0.25, 0.3) is 0 Å². The summed E-state index contributed by atoms with van der Waals surface area (Å²) in [6.07, 6.45) is 3.33. The van der Waals surface area contributed by atoms with E-state index in [1.165, 1.54) is 6.08 Å². The van der Waals surface area contributed by atoms with Crippen LogP contribution in [0.15, 0.2) is 109 Å². The minimum absolute atomic E-state index is 0.183. The molecular weight excluding hydrogens is 448 g/mol. The molecule has 5 heteroatoms. The van der Waals surface area contributed by atoms with Crippen LogP contribution in [0.25, 0.3) is 6.08 Å². The lowest BCUT2D eigenvalue weighted by molar-refractivity contribution is -0.115. The van der Waals surface area contributed by atoms with Crippen molar-refractivity contribution in [1.29, 1.82) is 0 Å². The fourth-order valence-electron chi connectivity index (χ4n) is 3.67. The van der Waals surface area contributed by atoms with Gasteiger partial charge in [-0.3, -0.25) is 14.4 Å². The van der Waals surface area contributed by atoms with Crippen molar-refractivity contribution in [3.05, 3.63) is 137 Å². The molecule has 4 rings (SSSR count). The quantitative estimate of drug-likeness (QED) is 0.241. The summed E-state index contributed by atoms with van der Waals surface area (Å²) in [4.78, 5) is 38.5. The Morgan fingerprint density at radius 3 is 2.11 bits per heavy atom. The molecule has 0 aliphatic heterocycles. The summed E-state index contributed by atoms with van der Waals surface area (Å²) in [5.74, 6) is -0.811. The third-order valence-corrected chi connectivity index (χ3v) is 5.55. The molecule has 0 radical (unpaired) electrons. The fourth-order valence-corrected chi connectivity index (χ4v) is 3.67. The summed E-state index contributed by atoms with van der Waals surface area (Å²) < 4.78 is 0. The number of carbonyl (C=O) groups excluding carboxylic acids is 3. The monoisotopic (exact) mass is 474 g/mol. The molecule has 0 unspecified atom stereocenters. The Kier molecular flexibility index (Phi) is 7.83. The summed E-state index contributed by atoms with van der Waals surface area (Å²) >= 11 is 0. The predicted octanol–water partition coefficient (Wildman–Crippen LogP) is 6.06. The molecule has 0 spiro atoms.